The van der Waals surface area contributed by atoms with Crippen molar-refractivity contribution in [3.63, 3.8) is 0 Å². The second kappa shape index (κ2) is 6.33. The summed E-state index contributed by atoms with van der Waals surface area (Å²) in [5.74, 6) is 0. The number of nitrogens with one attached hydrogen (secondary N) is 1. The van der Waals surface area contributed by atoms with Crippen LogP contribution in [-0.2, 0) is 10.0 Å². The van der Waals surface area contributed by atoms with Crippen molar-refractivity contribution in [2.45, 2.75) is 43.4 Å². The van der Waals surface area contributed by atoms with Crippen molar-refractivity contribution in [2.75, 3.05) is 25.0 Å². The van der Waals surface area contributed by atoms with Gasteiger partial charge in [0.05, 0.1) is 9.82 Å². The van der Waals surface area contributed by atoms with Gasteiger partial charge in [-0.1, -0.05) is 12.8 Å². The molecule has 2 fully saturated rings. The largest absolute Gasteiger partial charge is 0.366 e. The standard InChI is InChI=1S/C16H23N3O4S/c1-17-24(22,23)13-4-5-14(15(12-13)19(20)21)18-10-8-16(9-11-18)6-2-3-7-16/h4-5,12,17H,2-3,6-11H2,1H3. The van der Waals surface area contributed by atoms with Crippen LogP contribution in [0.4, 0.5) is 11.4 Å². The first-order valence-electron chi connectivity index (χ1n) is 8.34. The van der Waals surface area contributed by atoms with E-state index in [4.69, 9.17) is 0 Å². The van der Waals surface area contributed by atoms with Gasteiger partial charge in [-0.25, -0.2) is 13.1 Å². The van der Waals surface area contributed by atoms with Gasteiger partial charge in [0.2, 0.25) is 10.0 Å². The van der Waals surface area contributed by atoms with E-state index in [0.717, 1.165) is 32.0 Å². The third-order valence-electron chi connectivity index (χ3n) is 5.55. The molecule has 24 heavy (non-hydrogen) atoms. The summed E-state index contributed by atoms with van der Waals surface area (Å²) in [6, 6.07) is 4.16. The molecule has 0 aromatic heterocycles. The van der Waals surface area contributed by atoms with Crippen LogP contribution in [-0.4, -0.2) is 33.5 Å². The summed E-state index contributed by atoms with van der Waals surface area (Å²) in [5, 5.41) is 11.4. The Morgan fingerprint density at radius 2 is 1.79 bits per heavy atom. The monoisotopic (exact) mass is 353 g/mol. The minimum atomic E-state index is -3.69. The number of hydrogen-bond acceptors (Lipinski definition) is 5. The molecule has 0 unspecified atom stereocenters. The first kappa shape index (κ1) is 17.2. The smallest absolute Gasteiger partial charge is 0.293 e. The van der Waals surface area contributed by atoms with Gasteiger partial charge >= 0.3 is 0 Å². The normalized spacial score (nSPS) is 20.5. The fourth-order valence-electron chi connectivity index (χ4n) is 4.05. The minimum Gasteiger partial charge on any atom is -0.366 e. The molecule has 1 aliphatic heterocycles. The maximum atomic E-state index is 11.9. The number of piperidine rings is 1. The van der Waals surface area contributed by atoms with Crippen LogP contribution < -0.4 is 9.62 Å². The summed E-state index contributed by atoms with van der Waals surface area (Å²) in [5.41, 5.74) is 0.803. The van der Waals surface area contributed by atoms with Crippen LogP contribution in [0.1, 0.15) is 38.5 Å². The van der Waals surface area contributed by atoms with Crippen molar-refractivity contribution in [1.29, 1.82) is 0 Å². The van der Waals surface area contributed by atoms with E-state index in [-0.39, 0.29) is 10.6 Å². The molecule has 1 N–H and O–H groups in total. The van der Waals surface area contributed by atoms with E-state index in [0.29, 0.717) is 11.1 Å². The van der Waals surface area contributed by atoms with Gasteiger partial charge in [-0.2, -0.15) is 0 Å². The van der Waals surface area contributed by atoms with Crippen LogP contribution in [0.15, 0.2) is 23.1 Å². The van der Waals surface area contributed by atoms with Gasteiger partial charge in [-0.15, -0.1) is 0 Å². The predicted octanol–water partition coefficient (Wildman–Crippen LogP) is 2.66. The van der Waals surface area contributed by atoms with Crippen LogP contribution in [0.2, 0.25) is 0 Å². The number of sulfonamides is 1. The lowest BCUT2D eigenvalue weighted by molar-refractivity contribution is -0.384. The van der Waals surface area contributed by atoms with Crippen LogP contribution in [0.3, 0.4) is 0 Å². The Hall–Kier alpha value is -1.67. The third kappa shape index (κ3) is 3.12. The Morgan fingerprint density at radius 1 is 1.17 bits per heavy atom. The van der Waals surface area contributed by atoms with Gasteiger partial charge in [0.1, 0.15) is 5.69 Å². The highest BCUT2D eigenvalue weighted by atomic mass is 32.2. The SMILES string of the molecule is CNS(=O)(=O)c1ccc(N2CCC3(CCCC3)CC2)c([N+](=O)[O-])c1. The Balaban J connectivity index is 1.87. The minimum absolute atomic E-state index is 0.0790. The maximum absolute atomic E-state index is 11.9. The number of nitrogens with zero attached hydrogens (tertiary/aromatic N) is 2. The van der Waals surface area contributed by atoms with E-state index in [2.05, 4.69) is 4.72 Å². The molecule has 1 aromatic carbocycles. The zero-order valence-corrected chi connectivity index (χ0v) is 14.6. The highest BCUT2D eigenvalue weighted by Crippen LogP contribution is 2.47. The third-order valence-corrected chi connectivity index (χ3v) is 6.96. The summed E-state index contributed by atoms with van der Waals surface area (Å²) >= 11 is 0. The molecule has 1 spiro atoms. The highest BCUT2D eigenvalue weighted by Gasteiger charge is 2.38. The molecular formula is C16H23N3O4S. The molecule has 1 saturated carbocycles. The number of anilines is 1. The number of hydrogen-bond donors (Lipinski definition) is 1. The molecular weight excluding hydrogens is 330 g/mol. The van der Waals surface area contributed by atoms with E-state index >= 15 is 0 Å². The summed E-state index contributed by atoms with van der Waals surface area (Å²) < 4.78 is 26.0. The van der Waals surface area contributed by atoms with Crippen LogP contribution in [0, 0.1) is 15.5 Å². The summed E-state index contributed by atoms with van der Waals surface area (Å²) in [6.45, 7) is 1.58. The molecule has 132 valence electrons. The van der Waals surface area contributed by atoms with Crippen molar-refractivity contribution < 1.29 is 13.3 Å². The molecule has 1 heterocycles. The van der Waals surface area contributed by atoms with Crippen molar-refractivity contribution in [3.05, 3.63) is 28.3 Å². The van der Waals surface area contributed by atoms with E-state index in [1.54, 1.807) is 6.07 Å². The molecule has 2 aliphatic rings. The summed E-state index contributed by atoms with van der Waals surface area (Å²) in [4.78, 5) is 12.9. The summed E-state index contributed by atoms with van der Waals surface area (Å²) in [7, 11) is -2.40. The predicted molar refractivity (Wildman–Crippen MR) is 91.7 cm³/mol. The Bertz CT molecular complexity index is 732. The lowest BCUT2D eigenvalue weighted by atomic mass is 9.77. The number of nitro benzene ring substituents is 1. The molecule has 0 atom stereocenters. The zero-order chi connectivity index (χ0) is 17.4. The second-order valence-electron chi connectivity index (χ2n) is 6.81. The van der Waals surface area contributed by atoms with Gasteiger partial charge in [-0.05, 0) is 50.3 Å². The van der Waals surface area contributed by atoms with E-state index in [9.17, 15) is 18.5 Å². The summed E-state index contributed by atoms with van der Waals surface area (Å²) in [6.07, 6.45) is 7.22. The zero-order valence-electron chi connectivity index (χ0n) is 13.8. The lowest BCUT2D eigenvalue weighted by Gasteiger charge is -2.40. The molecule has 7 nitrogen and oxygen atoms in total. The average molecular weight is 353 g/mol. The van der Waals surface area contributed by atoms with Crippen molar-refractivity contribution in [2.24, 2.45) is 5.41 Å². The fraction of sp³-hybridized carbons (Fsp3) is 0.625. The van der Waals surface area contributed by atoms with Gasteiger partial charge in [0.15, 0.2) is 0 Å². The molecule has 0 amide bonds. The van der Waals surface area contributed by atoms with Crippen molar-refractivity contribution in [1.82, 2.24) is 4.72 Å². The van der Waals surface area contributed by atoms with Crippen molar-refractivity contribution >= 4 is 21.4 Å². The lowest BCUT2D eigenvalue weighted by Crippen LogP contribution is -2.39. The molecule has 8 heteroatoms. The van der Waals surface area contributed by atoms with E-state index in [1.165, 1.54) is 38.8 Å². The van der Waals surface area contributed by atoms with Gasteiger partial charge in [0.25, 0.3) is 5.69 Å². The first-order valence-corrected chi connectivity index (χ1v) is 9.82. The topological polar surface area (TPSA) is 92.6 Å². The van der Waals surface area contributed by atoms with Crippen LogP contribution in [0.25, 0.3) is 0 Å². The maximum Gasteiger partial charge on any atom is 0.293 e. The molecule has 0 bridgehead atoms. The number of rotatable bonds is 4. The van der Waals surface area contributed by atoms with Gasteiger partial charge in [-0.3, -0.25) is 10.1 Å². The van der Waals surface area contributed by atoms with Crippen molar-refractivity contribution in [3.8, 4) is 0 Å². The van der Waals surface area contributed by atoms with Crippen LogP contribution >= 0.6 is 0 Å². The molecule has 0 radical (unpaired) electrons. The van der Waals surface area contributed by atoms with E-state index < -0.39 is 14.9 Å². The molecule has 1 saturated heterocycles. The fourth-order valence-corrected chi connectivity index (χ4v) is 4.80. The Kier molecular flexibility index (Phi) is 4.52. The molecule has 1 aliphatic carbocycles. The van der Waals surface area contributed by atoms with E-state index in [1.807, 2.05) is 4.90 Å². The Labute approximate surface area is 142 Å². The quantitative estimate of drug-likeness (QED) is 0.663. The van der Waals surface area contributed by atoms with Gasteiger partial charge in [0, 0.05) is 19.2 Å². The number of nitro groups is 1. The molecule has 1 aromatic rings. The Morgan fingerprint density at radius 3 is 2.33 bits per heavy atom. The van der Waals surface area contributed by atoms with Gasteiger partial charge < -0.3 is 4.90 Å². The van der Waals surface area contributed by atoms with Crippen LogP contribution in [0.5, 0.6) is 0 Å². The first-order chi connectivity index (χ1) is 11.4. The average Bonchev–Trinajstić information content (AvgIpc) is 3.03. The molecule has 3 rings (SSSR count). The second-order valence-corrected chi connectivity index (χ2v) is 8.70. The number of benzene rings is 1. The highest BCUT2D eigenvalue weighted by molar-refractivity contribution is 7.89.